The quantitative estimate of drug-likeness (QED) is 0.584. The lowest BCUT2D eigenvalue weighted by Gasteiger charge is -2.15. The predicted molar refractivity (Wildman–Crippen MR) is 115 cm³/mol. The third-order valence-electron chi connectivity index (χ3n) is 4.14. The second-order valence-corrected chi connectivity index (χ2v) is 6.38. The first-order valence-corrected chi connectivity index (χ1v) is 9.02. The van der Waals surface area contributed by atoms with E-state index in [1.165, 1.54) is 11.1 Å². The van der Waals surface area contributed by atoms with Crippen molar-refractivity contribution < 1.29 is 9.47 Å². The van der Waals surface area contributed by atoms with Gasteiger partial charge in [0.05, 0.1) is 14.2 Å². The van der Waals surface area contributed by atoms with Gasteiger partial charge in [-0.15, -0.1) is 0 Å². The van der Waals surface area contributed by atoms with E-state index >= 15 is 0 Å². The fourth-order valence-electron chi connectivity index (χ4n) is 2.81. The van der Waals surface area contributed by atoms with Crippen LogP contribution in [0.4, 0.5) is 11.4 Å². The van der Waals surface area contributed by atoms with Gasteiger partial charge < -0.3 is 20.1 Å². The van der Waals surface area contributed by atoms with E-state index in [-0.39, 0.29) is 0 Å². The molecule has 0 aliphatic rings. The van der Waals surface area contributed by atoms with Gasteiger partial charge in [-0.2, -0.15) is 0 Å². The van der Waals surface area contributed by atoms with Gasteiger partial charge in [0.2, 0.25) is 0 Å². The largest absolute Gasteiger partial charge is 0.493 e. The molecule has 138 valence electrons. The van der Waals surface area contributed by atoms with Crippen LogP contribution in [0.5, 0.6) is 11.5 Å². The number of ether oxygens (including phenoxy) is 2. The molecule has 4 nitrogen and oxygen atoms in total. The van der Waals surface area contributed by atoms with Crippen molar-refractivity contribution in [3.63, 3.8) is 0 Å². The Balaban J connectivity index is 1.71. The van der Waals surface area contributed by atoms with Gasteiger partial charge in [0.15, 0.2) is 16.6 Å². The van der Waals surface area contributed by atoms with Crippen LogP contribution in [0, 0.1) is 0 Å². The molecule has 3 rings (SSSR count). The van der Waals surface area contributed by atoms with Crippen molar-refractivity contribution in [2.75, 3.05) is 24.9 Å². The van der Waals surface area contributed by atoms with E-state index in [1.807, 2.05) is 42.5 Å². The highest BCUT2D eigenvalue weighted by molar-refractivity contribution is 7.80. The van der Waals surface area contributed by atoms with Crippen molar-refractivity contribution in [1.82, 2.24) is 0 Å². The van der Waals surface area contributed by atoms with E-state index in [0.29, 0.717) is 16.6 Å². The number of rotatable bonds is 6. The number of benzene rings is 3. The van der Waals surface area contributed by atoms with Crippen molar-refractivity contribution in [3.05, 3.63) is 83.9 Å². The summed E-state index contributed by atoms with van der Waals surface area (Å²) in [5.41, 5.74) is 4.25. The Bertz CT molecular complexity index is 913. The minimum absolute atomic E-state index is 0.516. The highest BCUT2D eigenvalue weighted by Crippen LogP contribution is 2.30. The van der Waals surface area contributed by atoms with Crippen LogP contribution in [-0.2, 0) is 6.42 Å². The maximum Gasteiger partial charge on any atom is 0.175 e. The van der Waals surface area contributed by atoms with Crippen LogP contribution < -0.4 is 20.1 Å². The summed E-state index contributed by atoms with van der Waals surface area (Å²) in [4.78, 5) is 0. The van der Waals surface area contributed by atoms with E-state index in [4.69, 9.17) is 21.7 Å². The minimum atomic E-state index is 0.516. The molecule has 2 N–H and O–H groups in total. The summed E-state index contributed by atoms with van der Waals surface area (Å²) in [6.07, 6.45) is 0.836. The lowest BCUT2D eigenvalue weighted by molar-refractivity contribution is 0.355. The molecular formula is C22H22N2O2S. The summed E-state index contributed by atoms with van der Waals surface area (Å²) in [5.74, 6) is 1.32. The van der Waals surface area contributed by atoms with Crippen LogP contribution in [0.15, 0.2) is 72.8 Å². The number of hydrogen-bond acceptors (Lipinski definition) is 3. The summed E-state index contributed by atoms with van der Waals surface area (Å²) in [6, 6.07) is 24.1. The Morgan fingerprint density at radius 3 is 2.26 bits per heavy atom. The zero-order valence-electron chi connectivity index (χ0n) is 15.4. The molecule has 0 saturated heterocycles. The molecule has 0 unspecified atom stereocenters. The molecule has 0 fully saturated rings. The fraction of sp³-hybridized carbons (Fsp3) is 0.136. The van der Waals surface area contributed by atoms with E-state index in [2.05, 4.69) is 41.0 Å². The second-order valence-electron chi connectivity index (χ2n) is 5.97. The van der Waals surface area contributed by atoms with Crippen LogP contribution in [0.1, 0.15) is 11.1 Å². The summed E-state index contributed by atoms with van der Waals surface area (Å²) in [7, 11) is 3.22. The highest BCUT2D eigenvalue weighted by atomic mass is 32.1. The second kappa shape index (κ2) is 9.05. The van der Waals surface area contributed by atoms with Gasteiger partial charge in [-0.3, -0.25) is 0 Å². The van der Waals surface area contributed by atoms with Crippen LogP contribution >= 0.6 is 12.2 Å². The Kier molecular flexibility index (Phi) is 6.28. The average molecular weight is 378 g/mol. The first kappa shape index (κ1) is 18.7. The molecule has 0 bridgehead atoms. The topological polar surface area (TPSA) is 42.5 Å². The van der Waals surface area contributed by atoms with E-state index in [9.17, 15) is 0 Å². The first-order valence-electron chi connectivity index (χ1n) is 8.61. The number of methoxy groups -OCH3 is 2. The van der Waals surface area contributed by atoms with Crippen molar-refractivity contribution in [2.24, 2.45) is 0 Å². The summed E-state index contributed by atoms with van der Waals surface area (Å²) < 4.78 is 10.6. The average Bonchev–Trinajstić information content (AvgIpc) is 2.70. The normalized spacial score (nSPS) is 10.1. The molecule has 0 amide bonds. The van der Waals surface area contributed by atoms with Crippen LogP contribution in [-0.4, -0.2) is 19.3 Å². The molecular weight excluding hydrogens is 356 g/mol. The lowest BCUT2D eigenvalue weighted by atomic mass is 10.0. The Hall–Kier alpha value is -3.05. The molecule has 3 aromatic carbocycles. The third kappa shape index (κ3) is 4.99. The molecule has 0 radical (unpaired) electrons. The Morgan fingerprint density at radius 2 is 1.52 bits per heavy atom. The number of anilines is 2. The minimum Gasteiger partial charge on any atom is -0.493 e. The van der Waals surface area contributed by atoms with E-state index < -0.39 is 0 Å². The number of thiocarbonyl (C=S) groups is 1. The molecule has 0 saturated carbocycles. The van der Waals surface area contributed by atoms with Gasteiger partial charge in [-0.1, -0.05) is 48.5 Å². The molecule has 0 spiro atoms. The van der Waals surface area contributed by atoms with E-state index in [0.717, 1.165) is 17.8 Å². The zero-order valence-corrected chi connectivity index (χ0v) is 16.2. The smallest absolute Gasteiger partial charge is 0.175 e. The molecule has 0 atom stereocenters. The highest BCUT2D eigenvalue weighted by Gasteiger charge is 2.08. The number of nitrogens with one attached hydrogen (secondary N) is 2. The number of hydrogen-bond donors (Lipinski definition) is 2. The molecule has 3 aromatic rings. The predicted octanol–water partition coefficient (Wildman–Crippen LogP) is 5.10. The molecule has 0 aliphatic carbocycles. The SMILES string of the molecule is COc1ccc(NC(=S)Nc2ccccc2Cc2ccccc2)cc1OC. The van der Waals surface area contributed by atoms with Gasteiger partial charge >= 0.3 is 0 Å². The van der Waals surface area contributed by atoms with Gasteiger partial charge in [0.25, 0.3) is 0 Å². The monoisotopic (exact) mass is 378 g/mol. The van der Waals surface area contributed by atoms with Gasteiger partial charge in [-0.05, 0) is 48.0 Å². The van der Waals surface area contributed by atoms with Crippen molar-refractivity contribution in [3.8, 4) is 11.5 Å². The molecule has 0 aromatic heterocycles. The lowest BCUT2D eigenvalue weighted by Crippen LogP contribution is -2.20. The zero-order chi connectivity index (χ0) is 19.1. The number of para-hydroxylation sites is 1. The molecule has 5 heteroatoms. The molecule has 0 aliphatic heterocycles. The van der Waals surface area contributed by atoms with Crippen molar-refractivity contribution in [1.29, 1.82) is 0 Å². The summed E-state index contributed by atoms with van der Waals surface area (Å²) in [5, 5.41) is 7.00. The van der Waals surface area contributed by atoms with Gasteiger partial charge in [-0.25, -0.2) is 0 Å². The van der Waals surface area contributed by atoms with Crippen molar-refractivity contribution in [2.45, 2.75) is 6.42 Å². The molecule has 27 heavy (non-hydrogen) atoms. The summed E-state index contributed by atoms with van der Waals surface area (Å²) in [6.45, 7) is 0. The third-order valence-corrected chi connectivity index (χ3v) is 4.35. The van der Waals surface area contributed by atoms with Gasteiger partial charge in [0, 0.05) is 17.4 Å². The van der Waals surface area contributed by atoms with Gasteiger partial charge in [0.1, 0.15) is 0 Å². The molecule has 0 heterocycles. The first-order chi connectivity index (χ1) is 13.2. The maximum atomic E-state index is 5.49. The van der Waals surface area contributed by atoms with Crippen LogP contribution in [0.3, 0.4) is 0 Å². The van der Waals surface area contributed by atoms with Crippen molar-refractivity contribution >= 4 is 28.7 Å². The standard InChI is InChI=1S/C22H22N2O2S/c1-25-20-13-12-18(15-21(20)26-2)23-22(27)24-19-11-7-6-10-17(19)14-16-8-4-3-5-9-16/h3-13,15H,14H2,1-2H3,(H2,23,24,27). The Morgan fingerprint density at radius 1 is 0.815 bits per heavy atom. The Labute approximate surface area is 165 Å². The van der Waals surface area contributed by atoms with Crippen LogP contribution in [0.25, 0.3) is 0 Å². The maximum absolute atomic E-state index is 5.49. The van der Waals surface area contributed by atoms with Crippen LogP contribution in [0.2, 0.25) is 0 Å². The summed E-state index contributed by atoms with van der Waals surface area (Å²) >= 11 is 5.49. The fourth-order valence-corrected chi connectivity index (χ4v) is 3.04. The van der Waals surface area contributed by atoms with E-state index in [1.54, 1.807) is 14.2 Å².